The molecule has 2 aromatic rings. The fraction of sp³-hybridized carbons (Fsp3) is 0.524. The maximum Gasteiger partial charge on any atom is 0.256 e. The largest absolute Gasteiger partial charge is 0.361 e. The number of piperidine rings is 1. The predicted octanol–water partition coefficient (Wildman–Crippen LogP) is 2.78. The second-order valence-corrected chi connectivity index (χ2v) is 8.83. The molecule has 2 saturated heterocycles. The highest BCUT2D eigenvalue weighted by molar-refractivity contribution is 7.99. The van der Waals surface area contributed by atoms with Crippen LogP contribution in [-0.2, 0) is 11.2 Å². The highest BCUT2D eigenvalue weighted by Gasteiger charge is 2.30. The SMILES string of the molecule is Cc1cc(CC(=O)N2CCC(c3nc(C)ccc3C(=O)N3CCSC3)CC2)on1. The first kappa shape index (κ1) is 19.9. The van der Waals surface area contributed by atoms with Crippen molar-refractivity contribution in [2.24, 2.45) is 0 Å². The fourth-order valence-electron chi connectivity index (χ4n) is 3.98. The minimum absolute atomic E-state index is 0.0576. The molecule has 0 aromatic carbocycles. The van der Waals surface area contributed by atoms with Crippen LogP contribution in [0.4, 0.5) is 0 Å². The number of likely N-dealkylation sites (tertiary alicyclic amines) is 1. The molecule has 2 aliphatic heterocycles. The van der Waals surface area contributed by atoms with Gasteiger partial charge in [-0.25, -0.2) is 0 Å². The first-order chi connectivity index (χ1) is 14.0. The molecule has 4 rings (SSSR count). The Morgan fingerprint density at radius 2 is 1.93 bits per heavy atom. The number of carbonyl (C=O) groups excluding carboxylic acids is 2. The van der Waals surface area contributed by atoms with Gasteiger partial charge in [0.2, 0.25) is 5.91 Å². The van der Waals surface area contributed by atoms with Crippen LogP contribution in [0.2, 0.25) is 0 Å². The van der Waals surface area contributed by atoms with E-state index in [4.69, 9.17) is 9.51 Å². The Balaban J connectivity index is 1.43. The molecule has 0 radical (unpaired) electrons. The van der Waals surface area contributed by atoms with E-state index in [1.54, 1.807) is 17.8 Å². The molecule has 4 heterocycles. The molecule has 2 aromatic heterocycles. The van der Waals surface area contributed by atoms with Gasteiger partial charge in [-0.2, -0.15) is 0 Å². The second-order valence-electron chi connectivity index (χ2n) is 7.76. The van der Waals surface area contributed by atoms with Gasteiger partial charge in [0.15, 0.2) is 0 Å². The molecule has 0 bridgehead atoms. The summed E-state index contributed by atoms with van der Waals surface area (Å²) in [5.41, 5.74) is 3.32. The van der Waals surface area contributed by atoms with Crippen molar-refractivity contribution in [1.29, 1.82) is 0 Å². The fourth-order valence-corrected chi connectivity index (χ4v) is 4.92. The van der Waals surface area contributed by atoms with Gasteiger partial charge in [-0.15, -0.1) is 11.8 Å². The minimum atomic E-state index is 0.0576. The van der Waals surface area contributed by atoms with E-state index in [-0.39, 0.29) is 24.2 Å². The van der Waals surface area contributed by atoms with E-state index < -0.39 is 0 Å². The van der Waals surface area contributed by atoms with Gasteiger partial charge in [-0.1, -0.05) is 5.16 Å². The molecule has 0 saturated carbocycles. The second kappa shape index (κ2) is 8.57. The van der Waals surface area contributed by atoms with Gasteiger partial charge < -0.3 is 14.3 Å². The third-order valence-electron chi connectivity index (χ3n) is 5.57. The van der Waals surface area contributed by atoms with Gasteiger partial charge in [0.25, 0.3) is 5.91 Å². The van der Waals surface area contributed by atoms with E-state index in [9.17, 15) is 9.59 Å². The van der Waals surface area contributed by atoms with Crippen molar-refractivity contribution in [2.75, 3.05) is 31.3 Å². The zero-order valence-electron chi connectivity index (χ0n) is 16.9. The summed E-state index contributed by atoms with van der Waals surface area (Å²) in [4.78, 5) is 34.1. The molecular weight excluding hydrogens is 388 g/mol. The van der Waals surface area contributed by atoms with Crippen molar-refractivity contribution < 1.29 is 14.1 Å². The van der Waals surface area contributed by atoms with Crippen LogP contribution in [0, 0.1) is 13.8 Å². The molecule has 29 heavy (non-hydrogen) atoms. The molecule has 2 fully saturated rings. The maximum atomic E-state index is 13.0. The number of hydrogen-bond acceptors (Lipinski definition) is 6. The minimum Gasteiger partial charge on any atom is -0.361 e. The number of nitrogens with zero attached hydrogens (tertiary/aromatic N) is 4. The van der Waals surface area contributed by atoms with Crippen LogP contribution in [0.1, 0.15) is 52.0 Å². The van der Waals surface area contributed by atoms with Crippen molar-refractivity contribution in [1.82, 2.24) is 19.9 Å². The molecule has 0 atom stereocenters. The lowest BCUT2D eigenvalue weighted by molar-refractivity contribution is -0.131. The first-order valence-corrected chi connectivity index (χ1v) is 11.2. The Kier molecular flexibility index (Phi) is 5.89. The van der Waals surface area contributed by atoms with Gasteiger partial charge in [0, 0.05) is 43.1 Å². The van der Waals surface area contributed by atoms with Crippen LogP contribution in [-0.4, -0.2) is 63.0 Å². The van der Waals surface area contributed by atoms with Crippen LogP contribution in [0.3, 0.4) is 0 Å². The first-order valence-electron chi connectivity index (χ1n) is 10.1. The lowest BCUT2D eigenvalue weighted by Gasteiger charge is -2.32. The zero-order chi connectivity index (χ0) is 20.4. The smallest absolute Gasteiger partial charge is 0.256 e. The van der Waals surface area contributed by atoms with Gasteiger partial charge in [0.1, 0.15) is 5.76 Å². The van der Waals surface area contributed by atoms with Gasteiger partial charge >= 0.3 is 0 Å². The van der Waals surface area contributed by atoms with Gasteiger partial charge in [0.05, 0.1) is 29.2 Å². The molecule has 7 nitrogen and oxygen atoms in total. The number of amides is 2. The summed E-state index contributed by atoms with van der Waals surface area (Å²) in [5, 5.41) is 3.84. The van der Waals surface area contributed by atoms with Crippen LogP contribution in [0.25, 0.3) is 0 Å². The van der Waals surface area contributed by atoms with Crippen LogP contribution in [0.5, 0.6) is 0 Å². The molecule has 2 aliphatic rings. The number of hydrogen-bond donors (Lipinski definition) is 0. The Bertz CT molecular complexity index is 899. The molecule has 2 amide bonds. The van der Waals surface area contributed by atoms with Gasteiger partial charge in [-0.3, -0.25) is 14.6 Å². The number of aromatic nitrogens is 2. The number of rotatable bonds is 4. The molecular formula is C21H26N4O3S. The number of pyridine rings is 1. The van der Waals surface area contributed by atoms with Crippen LogP contribution < -0.4 is 0 Å². The molecule has 154 valence electrons. The number of aryl methyl sites for hydroxylation is 2. The third kappa shape index (κ3) is 4.47. The van der Waals surface area contributed by atoms with E-state index in [0.717, 1.165) is 53.7 Å². The Morgan fingerprint density at radius 1 is 1.14 bits per heavy atom. The number of thioether (sulfide) groups is 1. The average Bonchev–Trinajstić information content (AvgIpc) is 3.39. The molecule has 0 aliphatic carbocycles. The third-order valence-corrected chi connectivity index (χ3v) is 6.54. The molecule has 8 heteroatoms. The lowest BCUT2D eigenvalue weighted by Crippen LogP contribution is -2.39. The molecule has 0 unspecified atom stereocenters. The highest BCUT2D eigenvalue weighted by Crippen LogP contribution is 2.31. The van der Waals surface area contributed by atoms with Crippen molar-refractivity contribution in [2.45, 2.75) is 39.0 Å². The Labute approximate surface area is 174 Å². The average molecular weight is 415 g/mol. The highest BCUT2D eigenvalue weighted by atomic mass is 32.2. The summed E-state index contributed by atoms with van der Waals surface area (Å²) in [6, 6.07) is 5.64. The Morgan fingerprint density at radius 3 is 2.59 bits per heavy atom. The van der Waals surface area contributed by atoms with E-state index in [1.165, 1.54) is 0 Å². The van der Waals surface area contributed by atoms with E-state index in [2.05, 4.69) is 5.16 Å². The number of carbonyl (C=O) groups is 2. The van der Waals surface area contributed by atoms with Gasteiger partial charge in [-0.05, 0) is 38.8 Å². The summed E-state index contributed by atoms with van der Waals surface area (Å²) in [6.07, 6.45) is 1.86. The van der Waals surface area contributed by atoms with E-state index >= 15 is 0 Å². The quantitative estimate of drug-likeness (QED) is 0.765. The maximum absolute atomic E-state index is 13.0. The summed E-state index contributed by atoms with van der Waals surface area (Å²) in [5.74, 6) is 2.68. The normalized spacial score (nSPS) is 17.7. The standard InChI is InChI=1S/C21H26N4O3S/c1-14-3-4-18(21(27)25-9-10-29-13-25)20(22-14)16-5-7-24(8-6-16)19(26)12-17-11-15(2)23-28-17/h3-4,11,16H,5-10,12-13H2,1-2H3. The van der Waals surface area contributed by atoms with Crippen molar-refractivity contribution in [3.05, 3.63) is 46.6 Å². The summed E-state index contributed by atoms with van der Waals surface area (Å²) < 4.78 is 5.17. The summed E-state index contributed by atoms with van der Waals surface area (Å²) >= 11 is 1.78. The Hall–Kier alpha value is -2.35. The monoisotopic (exact) mass is 414 g/mol. The van der Waals surface area contributed by atoms with Crippen molar-refractivity contribution >= 4 is 23.6 Å². The predicted molar refractivity (Wildman–Crippen MR) is 111 cm³/mol. The van der Waals surface area contributed by atoms with E-state index in [0.29, 0.717) is 18.8 Å². The summed E-state index contributed by atoms with van der Waals surface area (Å²) in [7, 11) is 0. The summed E-state index contributed by atoms with van der Waals surface area (Å²) in [6.45, 7) is 5.93. The topological polar surface area (TPSA) is 79.5 Å². The van der Waals surface area contributed by atoms with Crippen LogP contribution in [0.15, 0.2) is 22.7 Å². The van der Waals surface area contributed by atoms with E-state index in [1.807, 2.05) is 35.8 Å². The molecule has 0 N–H and O–H groups in total. The zero-order valence-corrected chi connectivity index (χ0v) is 17.7. The lowest BCUT2D eigenvalue weighted by atomic mass is 9.89. The van der Waals surface area contributed by atoms with Crippen molar-refractivity contribution in [3.8, 4) is 0 Å². The van der Waals surface area contributed by atoms with Crippen LogP contribution >= 0.6 is 11.8 Å². The van der Waals surface area contributed by atoms with Crippen molar-refractivity contribution in [3.63, 3.8) is 0 Å². The molecule has 0 spiro atoms.